The first-order valence-corrected chi connectivity index (χ1v) is 6.90. The molecule has 1 fully saturated rings. The molecule has 1 atom stereocenters. The van der Waals surface area contributed by atoms with E-state index in [0.29, 0.717) is 25.0 Å². The first kappa shape index (κ1) is 13.7. The number of ketones is 1. The van der Waals surface area contributed by atoms with E-state index in [0.717, 1.165) is 10.3 Å². The molecule has 98 valence electrons. The summed E-state index contributed by atoms with van der Waals surface area (Å²) in [5.74, 6) is 0.310. The molecule has 0 spiro atoms. The number of halogens is 1. The molecule has 0 aliphatic heterocycles. The molecule has 0 radical (unpaired) electrons. The van der Waals surface area contributed by atoms with Gasteiger partial charge in [0.15, 0.2) is 0 Å². The van der Waals surface area contributed by atoms with Crippen LogP contribution in [-0.4, -0.2) is 17.9 Å². The van der Waals surface area contributed by atoms with Crippen LogP contribution in [0.4, 0.5) is 0 Å². The molecule has 0 N–H and O–H groups in total. The van der Waals surface area contributed by atoms with E-state index in [4.69, 9.17) is 4.74 Å². The van der Waals surface area contributed by atoms with Crippen molar-refractivity contribution in [1.29, 1.82) is 0 Å². The zero-order valence-electron chi connectivity index (χ0n) is 11.0. The van der Waals surface area contributed by atoms with Crippen LogP contribution in [0.15, 0.2) is 22.8 Å². The van der Waals surface area contributed by atoms with Crippen molar-refractivity contribution in [1.82, 2.24) is 4.98 Å². The van der Waals surface area contributed by atoms with Crippen LogP contribution in [0, 0.1) is 5.41 Å². The van der Waals surface area contributed by atoms with E-state index in [1.807, 2.05) is 32.0 Å². The third kappa shape index (κ3) is 2.36. The molecule has 2 rings (SSSR count). The van der Waals surface area contributed by atoms with Gasteiger partial charge in [-0.05, 0) is 40.9 Å². The molecule has 1 saturated carbocycles. The summed E-state index contributed by atoms with van der Waals surface area (Å²) in [7, 11) is 1.70. The lowest BCUT2D eigenvalue weighted by Gasteiger charge is -2.42. The van der Waals surface area contributed by atoms with E-state index in [1.54, 1.807) is 7.11 Å². The molecule has 1 aromatic heterocycles. The van der Waals surface area contributed by atoms with Crippen molar-refractivity contribution in [3.8, 4) is 0 Å². The number of nitrogens with zero attached hydrogens (tertiary/aromatic N) is 1. The molecule has 18 heavy (non-hydrogen) atoms. The van der Waals surface area contributed by atoms with Crippen LogP contribution >= 0.6 is 15.9 Å². The predicted octanol–water partition coefficient (Wildman–Crippen LogP) is 3.47. The Labute approximate surface area is 116 Å². The van der Waals surface area contributed by atoms with E-state index in [9.17, 15) is 4.79 Å². The van der Waals surface area contributed by atoms with Gasteiger partial charge in [0.05, 0.1) is 5.69 Å². The Kier molecular flexibility index (Phi) is 3.60. The maximum Gasteiger partial charge on any atom is 0.138 e. The number of ether oxygens (including phenoxy) is 1. The highest BCUT2D eigenvalue weighted by Gasteiger charge is 2.46. The van der Waals surface area contributed by atoms with Gasteiger partial charge in [-0.3, -0.25) is 4.79 Å². The van der Waals surface area contributed by atoms with E-state index in [2.05, 4.69) is 20.9 Å². The summed E-state index contributed by atoms with van der Waals surface area (Å²) in [5, 5.41) is 0. The number of Topliss-reactive ketones (excluding diaryl/α,β-unsaturated/α-hetero) is 1. The number of pyridine rings is 1. The van der Waals surface area contributed by atoms with Gasteiger partial charge in [0.1, 0.15) is 16.0 Å². The SMILES string of the molecule is COC1(c2cccc(Br)n2)CCC(=O)C(C)(C)C1. The van der Waals surface area contributed by atoms with Crippen LogP contribution in [0.3, 0.4) is 0 Å². The summed E-state index contributed by atoms with van der Waals surface area (Å²) in [4.78, 5) is 16.4. The maximum atomic E-state index is 11.9. The topological polar surface area (TPSA) is 39.2 Å². The van der Waals surface area contributed by atoms with Crippen molar-refractivity contribution in [2.75, 3.05) is 7.11 Å². The van der Waals surface area contributed by atoms with Gasteiger partial charge in [-0.1, -0.05) is 19.9 Å². The normalized spacial score (nSPS) is 27.2. The summed E-state index contributed by atoms with van der Waals surface area (Å²) < 4.78 is 6.57. The summed E-state index contributed by atoms with van der Waals surface area (Å²) >= 11 is 3.39. The lowest BCUT2D eigenvalue weighted by Crippen LogP contribution is -2.44. The van der Waals surface area contributed by atoms with E-state index in [1.165, 1.54) is 0 Å². The third-order valence-electron chi connectivity index (χ3n) is 3.81. The van der Waals surface area contributed by atoms with Crippen LogP contribution in [0.5, 0.6) is 0 Å². The van der Waals surface area contributed by atoms with E-state index >= 15 is 0 Å². The summed E-state index contributed by atoms with van der Waals surface area (Å²) in [6.45, 7) is 3.97. The minimum absolute atomic E-state index is 0.310. The van der Waals surface area contributed by atoms with Crippen molar-refractivity contribution in [2.45, 2.75) is 38.7 Å². The van der Waals surface area contributed by atoms with Crippen LogP contribution in [-0.2, 0) is 15.1 Å². The number of hydrogen-bond donors (Lipinski definition) is 0. The molecule has 4 heteroatoms. The summed E-state index contributed by atoms with van der Waals surface area (Å²) in [6.07, 6.45) is 1.93. The van der Waals surface area contributed by atoms with Gasteiger partial charge in [-0.15, -0.1) is 0 Å². The third-order valence-corrected chi connectivity index (χ3v) is 4.25. The number of rotatable bonds is 2. The minimum atomic E-state index is -0.443. The maximum absolute atomic E-state index is 11.9. The van der Waals surface area contributed by atoms with Gasteiger partial charge in [-0.2, -0.15) is 0 Å². The summed E-state index contributed by atoms with van der Waals surface area (Å²) in [6, 6.07) is 5.82. The number of aromatic nitrogens is 1. The highest BCUT2D eigenvalue weighted by molar-refractivity contribution is 9.10. The molecular formula is C14H18BrNO2. The molecule has 0 amide bonds. The van der Waals surface area contributed by atoms with Gasteiger partial charge in [0.2, 0.25) is 0 Å². The molecule has 1 heterocycles. The number of carbonyl (C=O) groups excluding carboxylic acids is 1. The standard InChI is InChI=1S/C14H18BrNO2/c1-13(2)9-14(18-3,8-7-11(13)17)10-5-4-6-12(15)16-10/h4-6H,7-9H2,1-3H3. The van der Waals surface area contributed by atoms with Gasteiger partial charge in [0.25, 0.3) is 0 Å². The molecule has 1 unspecified atom stereocenters. The minimum Gasteiger partial charge on any atom is -0.372 e. The van der Waals surface area contributed by atoms with Gasteiger partial charge in [-0.25, -0.2) is 4.98 Å². The highest BCUT2D eigenvalue weighted by Crippen LogP contribution is 2.46. The largest absolute Gasteiger partial charge is 0.372 e. The van der Waals surface area contributed by atoms with Gasteiger partial charge < -0.3 is 4.74 Å². The Balaban J connectivity index is 2.41. The Morgan fingerprint density at radius 1 is 1.39 bits per heavy atom. The predicted molar refractivity (Wildman–Crippen MR) is 73.3 cm³/mol. The lowest BCUT2D eigenvalue weighted by molar-refractivity contribution is -0.143. The van der Waals surface area contributed by atoms with Crippen LogP contribution in [0.1, 0.15) is 38.8 Å². The Morgan fingerprint density at radius 3 is 2.67 bits per heavy atom. The monoisotopic (exact) mass is 311 g/mol. The van der Waals surface area contributed by atoms with E-state index in [-0.39, 0.29) is 5.41 Å². The van der Waals surface area contributed by atoms with E-state index < -0.39 is 5.60 Å². The zero-order valence-corrected chi connectivity index (χ0v) is 12.6. The fourth-order valence-electron chi connectivity index (χ4n) is 2.71. The molecule has 1 aliphatic carbocycles. The van der Waals surface area contributed by atoms with Gasteiger partial charge in [0, 0.05) is 18.9 Å². The molecular weight excluding hydrogens is 294 g/mol. The first-order valence-electron chi connectivity index (χ1n) is 6.11. The second-order valence-electron chi connectivity index (χ2n) is 5.53. The van der Waals surface area contributed by atoms with Crippen LogP contribution in [0.2, 0.25) is 0 Å². The molecule has 3 nitrogen and oxygen atoms in total. The fourth-order valence-corrected chi connectivity index (χ4v) is 3.06. The van der Waals surface area contributed by atoms with Gasteiger partial charge >= 0.3 is 0 Å². The van der Waals surface area contributed by atoms with Crippen molar-refractivity contribution in [2.24, 2.45) is 5.41 Å². The van der Waals surface area contributed by atoms with Crippen LogP contribution in [0.25, 0.3) is 0 Å². The Hall–Kier alpha value is -0.740. The Morgan fingerprint density at radius 2 is 2.11 bits per heavy atom. The molecule has 0 saturated heterocycles. The average molecular weight is 312 g/mol. The quantitative estimate of drug-likeness (QED) is 0.785. The molecule has 1 aromatic rings. The second kappa shape index (κ2) is 4.74. The smallest absolute Gasteiger partial charge is 0.138 e. The lowest BCUT2D eigenvalue weighted by atomic mass is 9.67. The van der Waals surface area contributed by atoms with Crippen molar-refractivity contribution >= 4 is 21.7 Å². The zero-order chi connectivity index (χ0) is 13.4. The number of methoxy groups -OCH3 is 1. The number of hydrogen-bond acceptors (Lipinski definition) is 3. The van der Waals surface area contributed by atoms with Crippen molar-refractivity contribution in [3.05, 3.63) is 28.5 Å². The Bertz CT molecular complexity index is 473. The molecule has 0 bridgehead atoms. The molecule has 0 aromatic carbocycles. The van der Waals surface area contributed by atoms with Crippen LogP contribution < -0.4 is 0 Å². The number of carbonyl (C=O) groups is 1. The summed E-state index contributed by atoms with van der Waals surface area (Å²) in [5.41, 5.74) is 0.111. The fraction of sp³-hybridized carbons (Fsp3) is 0.571. The second-order valence-corrected chi connectivity index (χ2v) is 6.34. The van der Waals surface area contributed by atoms with Crippen molar-refractivity contribution in [3.63, 3.8) is 0 Å². The first-order chi connectivity index (χ1) is 8.39. The van der Waals surface area contributed by atoms with Crippen molar-refractivity contribution < 1.29 is 9.53 Å². The highest BCUT2D eigenvalue weighted by atomic mass is 79.9. The molecule has 1 aliphatic rings. The average Bonchev–Trinajstić information content (AvgIpc) is 2.33.